The fourth-order valence-corrected chi connectivity index (χ4v) is 4.65. The van der Waals surface area contributed by atoms with Gasteiger partial charge in [-0.05, 0) is 43.4 Å². The normalized spacial score (nSPS) is 17.4. The molecule has 0 radical (unpaired) electrons. The zero-order valence-electron chi connectivity index (χ0n) is 17.7. The van der Waals surface area contributed by atoms with E-state index < -0.39 is 11.9 Å². The highest BCUT2D eigenvalue weighted by Crippen LogP contribution is 2.59. The first-order valence-corrected chi connectivity index (χ1v) is 11.4. The van der Waals surface area contributed by atoms with Crippen molar-refractivity contribution < 1.29 is 19.8 Å². The van der Waals surface area contributed by atoms with Crippen LogP contribution in [0.3, 0.4) is 0 Å². The summed E-state index contributed by atoms with van der Waals surface area (Å²) in [6, 6.07) is 0. The Kier molecular flexibility index (Phi) is 11.7. The van der Waals surface area contributed by atoms with Gasteiger partial charge in [-0.2, -0.15) is 0 Å². The number of carboxylic acid groups (broad SMARTS) is 2. The second kappa shape index (κ2) is 13.2. The second-order valence-electron chi connectivity index (χ2n) is 8.81. The van der Waals surface area contributed by atoms with Crippen molar-refractivity contribution in [2.75, 3.05) is 0 Å². The van der Waals surface area contributed by atoms with Crippen LogP contribution in [-0.4, -0.2) is 22.2 Å². The number of hydrogen-bond acceptors (Lipinski definition) is 2. The molecule has 0 spiro atoms. The van der Waals surface area contributed by atoms with Crippen molar-refractivity contribution in [3.8, 4) is 0 Å². The van der Waals surface area contributed by atoms with E-state index in [4.69, 9.17) is 5.11 Å². The average Bonchev–Trinajstić information content (AvgIpc) is 3.40. The summed E-state index contributed by atoms with van der Waals surface area (Å²) in [7, 11) is 0. The molecule has 2 atom stereocenters. The topological polar surface area (TPSA) is 74.6 Å². The van der Waals surface area contributed by atoms with Gasteiger partial charge in [-0.1, -0.05) is 78.1 Å². The van der Waals surface area contributed by atoms with Gasteiger partial charge in [0.2, 0.25) is 0 Å². The van der Waals surface area contributed by atoms with Crippen LogP contribution in [0.5, 0.6) is 0 Å². The van der Waals surface area contributed by atoms with Crippen LogP contribution in [-0.2, 0) is 9.59 Å². The molecule has 1 fully saturated rings. The SMILES string of the molecule is CCCCCCCCCCC(C(C)C(=O)O)C1(CCCCCC(=O)O)CC1. The third-order valence-electron chi connectivity index (χ3n) is 6.61. The van der Waals surface area contributed by atoms with Gasteiger partial charge in [0.05, 0.1) is 5.92 Å². The standard InChI is InChI=1S/C23H42O4/c1-3-4-5-6-7-8-9-11-14-20(19(2)22(26)27)23(17-18-23)16-13-10-12-15-21(24)25/h19-20H,3-18H2,1-2H3,(H,24,25)(H,26,27). The number of carboxylic acids is 2. The van der Waals surface area contributed by atoms with Gasteiger partial charge >= 0.3 is 11.9 Å². The Morgan fingerprint density at radius 1 is 0.852 bits per heavy atom. The van der Waals surface area contributed by atoms with Crippen LogP contribution in [0.1, 0.15) is 117 Å². The van der Waals surface area contributed by atoms with E-state index in [1.807, 2.05) is 6.92 Å². The van der Waals surface area contributed by atoms with E-state index in [0.717, 1.165) is 51.4 Å². The Hall–Kier alpha value is -1.06. The lowest BCUT2D eigenvalue weighted by Crippen LogP contribution is -2.29. The molecule has 0 aliphatic heterocycles. The van der Waals surface area contributed by atoms with E-state index >= 15 is 0 Å². The monoisotopic (exact) mass is 382 g/mol. The third-order valence-corrected chi connectivity index (χ3v) is 6.61. The highest BCUT2D eigenvalue weighted by molar-refractivity contribution is 5.70. The van der Waals surface area contributed by atoms with Gasteiger partial charge in [0.1, 0.15) is 0 Å². The molecule has 2 N–H and O–H groups in total. The third kappa shape index (κ3) is 9.62. The van der Waals surface area contributed by atoms with E-state index in [1.54, 1.807) is 0 Å². The Balaban J connectivity index is 2.35. The molecule has 0 aromatic carbocycles. The van der Waals surface area contributed by atoms with Crippen LogP contribution in [0, 0.1) is 17.3 Å². The number of rotatable bonds is 18. The molecule has 0 heterocycles. The fraction of sp³-hybridized carbons (Fsp3) is 0.913. The lowest BCUT2D eigenvalue weighted by molar-refractivity contribution is -0.144. The van der Waals surface area contributed by atoms with E-state index in [0.29, 0.717) is 0 Å². The zero-order chi connectivity index (χ0) is 20.1. The van der Waals surface area contributed by atoms with Gasteiger partial charge in [-0.15, -0.1) is 0 Å². The predicted octanol–water partition coefficient (Wildman–Crippen LogP) is 6.67. The quantitative estimate of drug-likeness (QED) is 0.260. The van der Waals surface area contributed by atoms with Gasteiger partial charge in [-0.25, -0.2) is 0 Å². The summed E-state index contributed by atoms with van der Waals surface area (Å²) >= 11 is 0. The Morgan fingerprint density at radius 2 is 1.41 bits per heavy atom. The molecule has 1 rings (SSSR count). The molecule has 4 heteroatoms. The molecule has 0 saturated heterocycles. The number of carbonyl (C=O) groups is 2. The van der Waals surface area contributed by atoms with Gasteiger partial charge in [0.25, 0.3) is 0 Å². The molecule has 158 valence electrons. The highest BCUT2D eigenvalue weighted by atomic mass is 16.4. The average molecular weight is 383 g/mol. The van der Waals surface area contributed by atoms with E-state index in [9.17, 15) is 14.7 Å². The summed E-state index contributed by atoms with van der Waals surface area (Å²) in [4.78, 5) is 22.3. The highest BCUT2D eigenvalue weighted by Gasteiger charge is 2.50. The van der Waals surface area contributed by atoms with Crippen molar-refractivity contribution in [1.82, 2.24) is 0 Å². The summed E-state index contributed by atoms with van der Waals surface area (Å²) in [5.74, 6) is -1.36. The Labute approximate surface area is 166 Å². The van der Waals surface area contributed by atoms with Crippen molar-refractivity contribution in [3.63, 3.8) is 0 Å². The van der Waals surface area contributed by atoms with Crippen LogP contribution < -0.4 is 0 Å². The van der Waals surface area contributed by atoms with Crippen LogP contribution in [0.25, 0.3) is 0 Å². The smallest absolute Gasteiger partial charge is 0.306 e. The predicted molar refractivity (Wildman–Crippen MR) is 110 cm³/mol. The van der Waals surface area contributed by atoms with Gasteiger partial charge in [0, 0.05) is 6.42 Å². The molecule has 1 saturated carbocycles. The lowest BCUT2D eigenvalue weighted by atomic mass is 9.74. The zero-order valence-corrected chi connectivity index (χ0v) is 17.7. The molecule has 4 nitrogen and oxygen atoms in total. The molecule has 0 aromatic heterocycles. The molecule has 1 aliphatic rings. The van der Waals surface area contributed by atoms with Crippen molar-refractivity contribution in [3.05, 3.63) is 0 Å². The molecule has 27 heavy (non-hydrogen) atoms. The largest absolute Gasteiger partial charge is 0.481 e. The van der Waals surface area contributed by atoms with Gasteiger partial charge < -0.3 is 10.2 Å². The van der Waals surface area contributed by atoms with Crippen molar-refractivity contribution in [2.45, 2.75) is 117 Å². The maximum absolute atomic E-state index is 11.6. The van der Waals surface area contributed by atoms with E-state index in [1.165, 1.54) is 44.9 Å². The van der Waals surface area contributed by atoms with Crippen LogP contribution >= 0.6 is 0 Å². The number of hydrogen-bond donors (Lipinski definition) is 2. The number of unbranched alkanes of at least 4 members (excludes halogenated alkanes) is 9. The lowest BCUT2D eigenvalue weighted by Gasteiger charge is -2.30. The molecule has 0 bridgehead atoms. The molecule has 1 aliphatic carbocycles. The first-order valence-electron chi connectivity index (χ1n) is 11.4. The maximum atomic E-state index is 11.6. The summed E-state index contributed by atoms with van der Waals surface area (Å²) in [6.07, 6.45) is 17.7. The van der Waals surface area contributed by atoms with Gasteiger partial charge in [0.15, 0.2) is 0 Å². The van der Waals surface area contributed by atoms with Crippen molar-refractivity contribution in [2.24, 2.45) is 17.3 Å². The molecule has 0 amide bonds. The molecular weight excluding hydrogens is 340 g/mol. The first-order chi connectivity index (χ1) is 12.9. The first kappa shape index (κ1) is 24.0. The molecular formula is C23H42O4. The van der Waals surface area contributed by atoms with E-state index in [2.05, 4.69) is 6.92 Å². The second-order valence-corrected chi connectivity index (χ2v) is 8.81. The van der Waals surface area contributed by atoms with Crippen molar-refractivity contribution in [1.29, 1.82) is 0 Å². The van der Waals surface area contributed by atoms with Crippen molar-refractivity contribution >= 4 is 11.9 Å². The molecule has 0 aromatic rings. The summed E-state index contributed by atoms with van der Waals surface area (Å²) in [5, 5.41) is 18.3. The molecule has 2 unspecified atom stereocenters. The minimum atomic E-state index is -0.719. The number of aliphatic carboxylic acids is 2. The van der Waals surface area contributed by atoms with Gasteiger partial charge in [-0.3, -0.25) is 9.59 Å². The maximum Gasteiger partial charge on any atom is 0.306 e. The van der Waals surface area contributed by atoms with Crippen LogP contribution in [0.15, 0.2) is 0 Å². The Morgan fingerprint density at radius 3 is 1.93 bits per heavy atom. The van der Waals surface area contributed by atoms with Crippen LogP contribution in [0.2, 0.25) is 0 Å². The minimum Gasteiger partial charge on any atom is -0.481 e. The summed E-state index contributed by atoms with van der Waals surface area (Å²) in [6.45, 7) is 4.13. The fourth-order valence-electron chi connectivity index (χ4n) is 4.65. The minimum absolute atomic E-state index is 0.224. The summed E-state index contributed by atoms with van der Waals surface area (Å²) < 4.78 is 0. The van der Waals surface area contributed by atoms with Crippen LogP contribution in [0.4, 0.5) is 0 Å². The van der Waals surface area contributed by atoms with E-state index in [-0.39, 0.29) is 23.7 Å². The summed E-state index contributed by atoms with van der Waals surface area (Å²) in [5.41, 5.74) is 0.224. The Bertz CT molecular complexity index is 428.